The van der Waals surface area contributed by atoms with Gasteiger partial charge in [0.1, 0.15) is 0 Å². The molecular weight excluding hydrogens is 206 g/mol. The predicted octanol–water partition coefficient (Wildman–Crippen LogP) is 4.44. The molecule has 2 rings (SSSR count). The van der Waals surface area contributed by atoms with Crippen LogP contribution in [-0.4, -0.2) is 12.6 Å². The summed E-state index contributed by atoms with van der Waals surface area (Å²) < 4.78 is 0. The lowest BCUT2D eigenvalue weighted by molar-refractivity contribution is 0.359. The lowest BCUT2D eigenvalue weighted by atomic mass is 9.86. The third-order valence-electron chi connectivity index (χ3n) is 4.51. The molecule has 1 nitrogen and oxygen atoms in total. The molecule has 1 aliphatic heterocycles. The molecule has 0 radical (unpaired) electrons. The quantitative estimate of drug-likeness (QED) is 0.711. The van der Waals surface area contributed by atoms with E-state index in [1.807, 2.05) is 0 Å². The SMILES string of the molecule is CC(=CCC1CCCCC1)CC1CCCCN1. The minimum Gasteiger partial charge on any atom is -0.314 e. The average molecular weight is 235 g/mol. The summed E-state index contributed by atoms with van der Waals surface area (Å²) in [5.41, 5.74) is 1.62. The summed E-state index contributed by atoms with van der Waals surface area (Å²) in [6.07, 6.45) is 16.7. The van der Waals surface area contributed by atoms with E-state index in [1.165, 1.54) is 70.8 Å². The summed E-state index contributed by atoms with van der Waals surface area (Å²) in [6.45, 7) is 3.57. The molecule has 1 saturated carbocycles. The maximum absolute atomic E-state index is 3.65. The van der Waals surface area contributed by atoms with Crippen molar-refractivity contribution in [3.8, 4) is 0 Å². The molecule has 1 heterocycles. The van der Waals surface area contributed by atoms with Crippen LogP contribution in [0, 0.1) is 5.92 Å². The van der Waals surface area contributed by atoms with E-state index >= 15 is 0 Å². The fourth-order valence-electron chi connectivity index (χ4n) is 3.36. The van der Waals surface area contributed by atoms with E-state index in [-0.39, 0.29) is 0 Å². The van der Waals surface area contributed by atoms with E-state index in [1.54, 1.807) is 5.57 Å². The van der Waals surface area contributed by atoms with Gasteiger partial charge in [0, 0.05) is 6.04 Å². The van der Waals surface area contributed by atoms with Crippen LogP contribution in [0.4, 0.5) is 0 Å². The third kappa shape index (κ3) is 4.83. The van der Waals surface area contributed by atoms with E-state index in [2.05, 4.69) is 18.3 Å². The molecule has 17 heavy (non-hydrogen) atoms. The monoisotopic (exact) mass is 235 g/mol. The van der Waals surface area contributed by atoms with Gasteiger partial charge in [-0.25, -0.2) is 0 Å². The van der Waals surface area contributed by atoms with Crippen LogP contribution in [0.5, 0.6) is 0 Å². The highest BCUT2D eigenvalue weighted by Crippen LogP contribution is 2.27. The topological polar surface area (TPSA) is 12.0 Å². The molecule has 1 saturated heterocycles. The van der Waals surface area contributed by atoms with Crippen molar-refractivity contribution in [1.29, 1.82) is 0 Å². The summed E-state index contributed by atoms with van der Waals surface area (Å²) in [5, 5.41) is 3.65. The average Bonchev–Trinajstić information content (AvgIpc) is 2.39. The zero-order valence-electron chi connectivity index (χ0n) is 11.5. The highest BCUT2D eigenvalue weighted by Gasteiger charge is 2.14. The Morgan fingerprint density at radius 2 is 1.82 bits per heavy atom. The first-order valence-electron chi connectivity index (χ1n) is 7.73. The van der Waals surface area contributed by atoms with Crippen LogP contribution in [0.15, 0.2) is 11.6 Å². The standard InChI is InChI=1S/C16H29N/c1-14(13-16-9-5-6-12-17-16)10-11-15-7-3-2-4-8-15/h10,15-17H,2-9,11-13H2,1H3. The van der Waals surface area contributed by atoms with Gasteiger partial charge >= 0.3 is 0 Å². The number of rotatable bonds is 4. The lowest BCUT2D eigenvalue weighted by Crippen LogP contribution is -2.33. The number of allylic oxidation sites excluding steroid dienone is 1. The molecule has 0 bridgehead atoms. The molecule has 2 fully saturated rings. The van der Waals surface area contributed by atoms with Gasteiger partial charge in [-0.05, 0) is 45.1 Å². The Morgan fingerprint density at radius 3 is 2.53 bits per heavy atom. The maximum atomic E-state index is 3.65. The molecule has 98 valence electrons. The van der Waals surface area contributed by atoms with Crippen molar-refractivity contribution >= 4 is 0 Å². The Morgan fingerprint density at radius 1 is 1.06 bits per heavy atom. The van der Waals surface area contributed by atoms with E-state index in [9.17, 15) is 0 Å². The van der Waals surface area contributed by atoms with Gasteiger partial charge in [-0.15, -0.1) is 0 Å². The van der Waals surface area contributed by atoms with Gasteiger partial charge in [0.15, 0.2) is 0 Å². The molecule has 1 unspecified atom stereocenters. The minimum atomic E-state index is 0.770. The predicted molar refractivity (Wildman–Crippen MR) is 75.2 cm³/mol. The van der Waals surface area contributed by atoms with E-state index < -0.39 is 0 Å². The molecule has 1 heteroatoms. The van der Waals surface area contributed by atoms with Crippen LogP contribution < -0.4 is 5.32 Å². The maximum Gasteiger partial charge on any atom is 0.0104 e. The summed E-state index contributed by atoms with van der Waals surface area (Å²) in [6, 6.07) is 0.770. The zero-order valence-corrected chi connectivity index (χ0v) is 11.5. The molecule has 1 atom stereocenters. The number of nitrogens with one attached hydrogen (secondary N) is 1. The Balaban J connectivity index is 1.68. The Labute approximate surface area is 107 Å². The van der Waals surface area contributed by atoms with Gasteiger partial charge in [-0.3, -0.25) is 0 Å². The second-order valence-corrected chi connectivity index (χ2v) is 6.14. The van der Waals surface area contributed by atoms with Crippen LogP contribution in [0.25, 0.3) is 0 Å². The van der Waals surface area contributed by atoms with Gasteiger partial charge in [-0.2, -0.15) is 0 Å². The summed E-state index contributed by atoms with van der Waals surface area (Å²) in [7, 11) is 0. The normalized spacial score (nSPS) is 28.3. The van der Waals surface area contributed by atoms with Gasteiger partial charge in [0.05, 0.1) is 0 Å². The first-order valence-corrected chi connectivity index (χ1v) is 7.73. The van der Waals surface area contributed by atoms with Gasteiger partial charge in [0.25, 0.3) is 0 Å². The van der Waals surface area contributed by atoms with Crippen molar-refractivity contribution in [3.05, 3.63) is 11.6 Å². The van der Waals surface area contributed by atoms with Crippen molar-refractivity contribution in [2.24, 2.45) is 5.92 Å². The summed E-state index contributed by atoms with van der Waals surface area (Å²) >= 11 is 0. The highest BCUT2D eigenvalue weighted by atomic mass is 14.9. The van der Waals surface area contributed by atoms with E-state index in [4.69, 9.17) is 0 Å². The first kappa shape index (κ1) is 13.1. The second-order valence-electron chi connectivity index (χ2n) is 6.14. The summed E-state index contributed by atoms with van der Waals surface area (Å²) in [5.74, 6) is 0.998. The molecule has 1 N–H and O–H groups in total. The molecule has 1 aliphatic carbocycles. The van der Waals surface area contributed by atoms with Crippen LogP contribution in [0.1, 0.15) is 71.1 Å². The molecule has 2 aliphatic rings. The van der Waals surface area contributed by atoms with Crippen molar-refractivity contribution < 1.29 is 0 Å². The van der Waals surface area contributed by atoms with Crippen LogP contribution in [0.2, 0.25) is 0 Å². The van der Waals surface area contributed by atoms with E-state index in [0.717, 1.165) is 12.0 Å². The molecule has 0 spiro atoms. The molecular formula is C16H29N. The highest BCUT2D eigenvalue weighted by molar-refractivity contribution is 5.02. The molecule has 0 aromatic heterocycles. The van der Waals surface area contributed by atoms with Crippen molar-refractivity contribution in [2.75, 3.05) is 6.54 Å². The van der Waals surface area contributed by atoms with Gasteiger partial charge in [-0.1, -0.05) is 50.2 Å². The Kier molecular flexibility index (Phi) is 5.57. The molecule has 0 amide bonds. The lowest BCUT2D eigenvalue weighted by Gasteiger charge is -2.24. The van der Waals surface area contributed by atoms with Crippen molar-refractivity contribution in [1.82, 2.24) is 5.32 Å². The number of hydrogen-bond donors (Lipinski definition) is 1. The second kappa shape index (κ2) is 7.20. The van der Waals surface area contributed by atoms with Gasteiger partial charge in [0.2, 0.25) is 0 Å². The number of hydrogen-bond acceptors (Lipinski definition) is 1. The third-order valence-corrected chi connectivity index (χ3v) is 4.51. The van der Waals surface area contributed by atoms with Crippen molar-refractivity contribution in [3.63, 3.8) is 0 Å². The molecule has 0 aromatic rings. The Hall–Kier alpha value is -0.300. The summed E-state index contributed by atoms with van der Waals surface area (Å²) in [4.78, 5) is 0. The van der Waals surface area contributed by atoms with Crippen LogP contribution in [-0.2, 0) is 0 Å². The first-order chi connectivity index (χ1) is 8.34. The van der Waals surface area contributed by atoms with Crippen LogP contribution in [0.3, 0.4) is 0 Å². The molecule has 0 aromatic carbocycles. The van der Waals surface area contributed by atoms with E-state index in [0.29, 0.717) is 0 Å². The fourth-order valence-corrected chi connectivity index (χ4v) is 3.36. The van der Waals surface area contributed by atoms with Crippen LogP contribution >= 0.6 is 0 Å². The smallest absolute Gasteiger partial charge is 0.0104 e. The largest absolute Gasteiger partial charge is 0.314 e. The number of piperidine rings is 1. The van der Waals surface area contributed by atoms with Crippen molar-refractivity contribution in [2.45, 2.75) is 77.2 Å². The van der Waals surface area contributed by atoms with Gasteiger partial charge < -0.3 is 5.32 Å². The minimum absolute atomic E-state index is 0.770. The fraction of sp³-hybridized carbons (Fsp3) is 0.875. The Bertz CT molecular complexity index is 232. The zero-order chi connectivity index (χ0) is 11.9.